The third-order valence-electron chi connectivity index (χ3n) is 2.70. The van der Waals surface area contributed by atoms with Crippen LogP contribution in [0, 0.1) is 0 Å². The van der Waals surface area contributed by atoms with E-state index in [-0.39, 0.29) is 0 Å². The molecule has 0 bridgehead atoms. The summed E-state index contributed by atoms with van der Waals surface area (Å²) in [6, 6.07) is 0. The van der Waals surface area contributed by atoms with E-state index in [0.29, 0.717) is 0 Å². The Balaban J connectivity index is 3.34. The van der Waals surface area contributed by atoms with Gasteiger partial charge in [0, 0.05) is 33.4 Å². The molecule has 0 saturated carbocycles. The Bertz CT molecular complexity index is 195. The van der Waals surface area contributed by atoms with E-state index in [2.05, 4.69) is 29.5 Å². The van der Waals surface area contributed by atoms with Gasteiger partial charge in [0.1, 0.15) is 0 Å². The topological polar surface area (TPSA) is 45.7 Å². The molecule has 0 heterocycles. The maximum absolute atomic E-state index is 5.50. The zero-order valence-electron chi connectivity index (χ0n) is 12.4. The van der Waals surface area contributed by atoms with Gasteiger partial charge < -0.3 is 15.4 Å². The molecule has 0 unspecified atom stereocenters. The molecule has 0 aromatic carbocycles. The number of hydrogen-bond donors (Lipinski definition) is 2. The second kappa shape index (κ2) is 14.3. The standard InChI is InChI=1S/C14H31N3O/c1-4-6-8-10-16-14(15-3)17-11-9-13-18-12-7-5-2/h4-13H2,1-3H3,(H2,15,16,17). The van der Waals surface area contributed by atoms with Crippen molar-refractivity contribution in [3.05, 3.63) is 0 Å². The molecule has 0 aliphatic heterocycles. The monoisotopic (exact) mass is 257 g/mol. The summed E-state index contributed by atoms with van der Waals surface area (Å²) in [7, 11) is 1.81. The Hall–Kier alpha value is -0.770. The first-order valence-electron chi connectivity index (χ1n) is 7.37. The highest BCUT2D eigenvalue weighted by molar-refractivity contribution is 5.79. The van der Waals surface area contributed by atoms with Gasteiger partial charge in [-0.2, -0.15) is 0 Å². The van der Waals surface area contributed by atoms with Crippen LogP contribution in [0.4, 0.5) is 0 Å². The summed E-state index contributed by atoms with van der Waals surface area (Å²) in [6.45, 7) is 8.03. The number of guanidine groups is 1. The Labute approximate surface area is 113 Å². The van der Waals surface area contributed by atoms with Gasteiger partial charge in [-0.3, -0.25) is 4.99 Å². The average Bonchev–Trinajstić information content (AvgIpc) is 2.40. The fourth-order valence-electron chi connectivity index (χ4n) is 1.53. The maximum atomic E-state index is 5.50. The molecule has 0 aromatic rings. The minimum Gasteiger partial charge on any atom is -0.381 e. The van der Waals surface area contributed by atoms with Gasteiger partial charge in [-0.05, 0) is 19.3 Å². The molecule has 0 fully saturated rings. The second-order valence-corrected chi connectivity index (χ2v) is 4.45. The quantitative estimate of drug-likeness (QED) is 0.340. The molecule has 4 nitrogen and oxygen atoms in total. The number of rotatable bonds is 11. The minimum absolute atomic E-state index is 0.833. The van der Waals surface area contributed by atoms with E-state index in [9.17, 15) is 0 Å². The highest BCUT2D eigenvalue weighted by Gasteiger charge is 1.96. The van der Waals surface area contributed by atoms with Crippen molar-refractivity contribution >= 4 is 5.96 Å². The lowest BCUT2D eigenvalue weighted by molar-refractivity contribution is 0.129. The normalized spacial score (nSPS) is 11.6. The van der Waals surface area contributed by atoms with E-state index in [1.165, 1.54) is 25.7 Å². The Morgan fingerprint density at radius 3 is 2.11 bits per heavy atom. The average molecular weight is 257 g/mol. The van der Waals surface area contributed by atoms with Crippen LogP contribution in [0.15, 0.2) is 4.99 Å². The van der Waals surface area contributed by atoms with Crippen LogP contribution in [0.1, 0.15) is 52.4 Å². The van der Waals surface area contributed by atoms with Crippen molar-refractivity contribution in [1.82, 2.24) is 10.6 Å². The first-order valence-corrected chi connectivity index (χ1v) is 7.37. The molecule has 0 atom stereocenters. The molecular weight excluding hydrogens is 226 g/mol. The van der Waals surface area contributed by atoms with Gasteiger partial charge in [-0.25, -0.2) is 0 Å². The van der Waals surface area contributed by atoms with Crippen molar-refractivity contribution in [2.24, 2.45) is 4.99 Å². The number of aliphatic imine (C=N–C) groups is 1. The van der Waals surface area contributed by atoms with Crippen LogP contribution in [0.2, 0.25) is 0 Å². The van der Waals surface area contributed by atoms with Crippen molar-refractivity contribution in [1.29, 1.82) is 0 Å². The molecule has 0 aromatic heterocycles. The lowest BCUT2D eigenvalue weighted by Gasteiger charge is -2.11. The van der Waals surface area contributed by atoms with Crippen molar-refractivity contribution in [2.45, 2.75) is 52.4 Å². The third kappa shape index (κ3) is 11.7. The third-order valence-corrected chi connectivity index (χ3v) is 2.70. The summed E-state index contributed by atoms with van der Waals surface area (Å²) >= 11 is 0. The van der Waals surface area contributed by atoms with Crippen LogP contribution in [0.5, 0.6) is 0 Å². The fourth-order valence-corrected chi connectivity index (χ4v) is 1.53. The van der Waals surface area contributed by atoms with Gasteiger partial charge in [0.05, 0.1) is 0 Å². The molecule has 0 rings (SSSR count). The van der Waals surface area contributed by atoms with Crippen LogP contribution in [0.3, 0.4) is 0 Å². The summed E-state index contributed by atoms with van der Waals surface area (Å²) in [5, 5.41) is 6.61. The molecule has 0 saturated heterocycles. The first kappa shape index (κ1) is 17.2. The lowest BCUT2D eigenvalue weighted by Crippen LogP contribution is -2.38. The van der Waals surface area contributed by atoms with Crippen LogP contribution < -0.4 is 10.6 Å². The van der Waals surface area contributed by atoms with Gasteiger partial charge in [-0.1, -0.05) is 33.1 Å². The zero-order chi connectivity index (χ0) is 13.5. The van der Waals surface area contributed by atoms with Crippen LogP contribution >= 0.6 is 0 Å². The predicted molar refractivity (Wildman–Crippen MR) is 79.2 cm³/mol. The van der Waals surface area contributed by atoms with E-state index in [4.69, 9.17) is 4.74 Å². The lowest BCUT2D eigenvalue weighted by atomic mass is 10.2. The van der Waals surface area contributed by atoms with Crippen LogP contribution in [0.25, 0.3) is 0 Å². The summed E-state index contributed by atoms with van der Waals surface area (Å²) in [4.78, 5) is 4.19. The summed E-state index contributed by atoms with van der Waals surface area (Å²) in [5.41, 5.74) is 0. The van der Waals surface area contributed by atoms with Gasteiger partial charge in [0.15, 0.2) is 5.96 Å². The van der Waals surface area contributed by atoms with E-state index in [1.807, 2.05) is 7.05 Å². The molecule has 4 heteroatoms. The molecular formula is C14H31N3O. The van der Waals surface area contributed by atoms with Crippen LogP contribution in [-0.4, -0.2) is 39.3 Å². The smallest absolute Gasteiger partial charge is 0.190 e. The van der Waals surface area contributed by atoms with Crippen molar-refractivity contribution in [3.63, 3.8) is 0 Å². The Morgan fingerprint density at radius 2 is 1.50 bits per heavy atom. The summed E-state index contributed by atoms with van der Waals surface area (Å²) < 4.78 is 5.50. The Kier molecular flexibility index (Phi) is 13.7. The Morgan fingerprint density at radius 1 is 0.889 bits per heavy atom. The van der Waals surface area contributed by atoms with Gasteiger partial charge >= 0.3 is 0 Å². The van der Waals surface area contributed by atoms with E-state index >= 15 is 0 Å². The number of hydrogen-bond acceptors (Lipinski definition) is 2. The van der Waals surface area contributed by atoms with Gasteiger partial charge in [-0.15, -0.1) is 0 Å². The molecule has 2 N–H and O–H groups in total. The van der Waals surface area contributed by atoms with E-state index in [1.54, 1.807) is 0 Å². The molecule has 18 heavy (non-hydrogen) atoms. The molecule has 0 radical (unpaired) electrons. The summed E-state index contributed by atoms with van der Waals surface area (Å²) in [6.07, 6.45) is 7.12. The largest absolute Gasteiger partial charge is 0.381 e. The minimum atomic E-state index is 0.833. The maximum Gasteiger partial charge on any atom is 0.190 e. The SMILES string of the molecule is CCCCCNC(=NC)NCCCOCCCC. The molecule has 0 aliphatic rings. The molecule has 0 amide bonds. The first-order chi connectivity index (χ1) is 8.85. The van der Waals surface area contributed by atoms with Crippen molar-refractivity contribution in [2.75, 3.05) is 33.4 Å². The van der Waals surface area contributed by atoms with Crippen molar-refractivity contribution < 1.29 is 4.74 Å². The fraction of sp³-hybridized carbons (Fsp3) is 0.929. The molecule has 0 spiro atoms. The zero-order valence-corrected chi connectivity index (χ0v) is 12.4. The number of unbranched alkanes of at least 4 members (excludes halogenated alkanes) is 3. The van der Waals surface area contributed by atoms with Crippen molar-refractivity contribution in [3.8, 4) is 0 Å². The number of ether oxygens (including phenoxy) is 1. The highest BCUT2D eigenvalue weighted by Crippen LogP contribution is 1.91. The number of nitrogens with one attached hydrogen (secondary N) is 2. The number of nitrogens with zero attached hydrogens (tertiary/aromatic N) is 1. The highest BCUT2D eigenvalue weighted by atomic mass is 16.5. The van der Waals surface area contributed by atoms with Crippen LogP contribution in [-0.2, 0) is 4.74 Å². The molecule has 108 valence electrons. The summed E-state index contributed by atoms with van der Waals surface area (Å²) in [5.74, 6) is 0.902. The van der Waals surface area contributed by atoms with Gasteiger partial charge in [0.2, 0.25) is 0 Å². The second-order valence-electron chi connectivity index (χ2n) is 4.45. The molecule has 0 aliphatic carbocycles. The van der Waals surface area contributed by atoms with E-state index in [0.717, 1.165) is 45.1 Å². The van der Waals surface area contributed by atoms with E-state index < -0.39 is 0 Å². The van der Waals surface area contributed by atoms with Gasteiger partial charge in [0.25, 0.3) is 0 Å². The predicted octanol–water partition coefficient (Wildman–Crippen LogP) is 2.55.